The van der Waals surface area contributed by atoms with Crippen molar-refractivity contribution in [2.24, 2.45) is 0 Å². The van der Waals surface area contributed by atoms with E-state index in [0.717, 1.165) is 11.1 Å². The van der Waals surface area contributed by atoms with E-state index in [-0.39, 0.29) is 11.9 Å². The van der Waals surface area contributed by atoms with Crippen LogP contribution in [0.25, 0.3) is 0 Å². The van der Waals surface area contributed by atoms with Crippen LogP contribution in [0.15, 0.2) is 54.6 Å². The van der Waals surface area contributed by atoms with Crippen molar-refractivity contribution in [1.82, 2.24) is 9.80 Å². The molecule has 5 heteroatoms. The van der Waals surface area contributed by atoms with Gasteiger partial charge in [-0.05, 0) is 37.1 Å². The number of benzene rings is 2. The number of hydrogen-bond acceptors (Lipinski definition) is 2. The molecule has 0 spiro atoms. The number of nitrogens with zero attached hydrogens (tertiary/aromatic N) is 2. The zero-order chi connectivity index (χ0) is 18.4. The van der Waals surface area contributed by atoms with Gasteiger partial charge in [-0.3, -0.25) is 9.59 Å². The van der Waals surface area contributed by atoms with E-state index in [9.17, 15) is 14.0 Å². The molecule has 0 aliphatic rings. The molecule has 0 heterocycles. The zero-order valence-corrected chi connectivity index (χ0v) is 14.8. The van der Waals surface area contributed by atoms with Crippen molar-refractivity contribution >= 4 is 11.8 Å². The summed E-state index contributed by atoms with van der Waals surface area (Å²) in [7, 11) is 1.61. The van der Waals surface area contributed by atoms with E-state index in [4.69, 9.17) is 0 Å². The van der Waals surface area contributed by atoms with Gasteiger partial charge in [0, 0.05) is 20.1 Å². The average molecular weight is 342 g/mol. The van der Waals surface area contributed by atoms with Crippen LogP contribution < -0.4 is 0 Å². The molecule has 0 aromatic heterocycles. The van der Waals surface area contributed by atoms with Crippen molar-refractivity contribution in [3.05, 3.63) is 71.5 Å². The minimum Gasteiger partial charge on any atom is -0.333 e. The Hall–Kier alpha value is -2.69. The van der Waals surface area contributed by atoms with E-state index in [1.165, 1.54) is 21.9 Å². The number of rotatable bonds is 5. The molecule has 0 saturated carbocycles. The van der Waals surface area contributed by atoms with Gasteiger partial charge in [0.1, 0.15) is 5.82 Å². The number of carbonyl (C=O) groups is 2. The van der Waals surface area contributed by atoms with E-state index in [0.29, 0.717) is 13.1 Å². The molecule has 0 aliphatic heterocycles. The second-order valence-electron chi connectivity index (χ2n) is 5.97. The van der Waals surface area contributed by atoms with Gasteiger partial charge in [-0.15, -0.1) is 0 Å². The van der Waals surface area contributed by atoms with Crippen LogP contribution in [0, 0.1) is 5.82 Å². The molecular weight excluding hydrogens is 319 g/mol. The standard InChI is InChI=1S/C20H23FN2O2/c1-4-23(15(2)17-10-12-18(21)13-11-17)20(25)19(24)22(3)14-16-8-6-5-7-9-16/h5-13,15H,4,14H2,1-3H3/t15-/m0/s1. The number of likely N-dealkylation sites (N-methyl/N-ethyl adjacent to an activating group) is 2. The Kier molecular flexibility index (Phi) is 6.28. The van der Waals surface area contributed by atoms with Crippen molar-refractivity contribution < 1.29 is 14.0 Å². The maximum absolute atomic E-state index is 13.1. The fraction of sp³-hybridized carbons (Fsp3) is 0.300. The molecule has 1 atom stereocenters. The average Bonchev–Trinajstić information content (AvgIpc) is 2.62. The molecule has 2 amide bonds. The second kappa shape index (κ2) is 8.42. The highest BCUT2D eigenvalue weighted by atomic mass is 19.1. The van der Waals surface area contributed by atoms with Gasteiger partial charge in [-0.25, -0.2) is 4.39 Å². The van der Waals surface area contributed by atoms with Gasteiger partial charge in [0.05, 0.1) is 6.04 Å². The number of carbonyl (C=O) groups excluding carboxylic acids is 2. The van der Waals surface area contributed by atoms with Gasteiger partial charge in [0.15, 0.2) is 0 Å². The monoisotopic (exact) mass is 342 g/mol. The molecule has 132 valence electrons. The Labute approximate surface area is 147 Å². The van der Waals surface area contributed by atoms with E-state index >= 15 is 0 Å². The summed E-state index contributed by atoms with van der Waals surface area (Å²) in [6, 6.07) is 15.2. The molecular formula is C20H23FN2O2. The summed E-state index contributed by atoms with van der Waals surface area (Å²) in [4.78, 5) is 28.1. The molecule has 0 N–H and O–H groups in total. The number of halogens is 1. The van der Waals surface area contributed by atoms with Crippen LogP contribution in [0.5, 0.6) is 0 Å². The van der Waals surface area contributed by atoms with E-state index in [1.807, 2.05) is 44.2 Å². The topological polar surface area (TPSA) is 40.6 Å². The maximum Gasteiger partial charge on any atom is 0.312 e. The highest BCUT2D eigenvalue weighted by Gasteiger charge is 2.28. The number of hydrogen-bond donors (Lipinski definition) is 0. The summed E-state index contributed by atoms with van der Waals surface area (Å²) in [5, 5.41) is 0. The van der Waals surface area contributed by atoms with E-state index in [1.54, 1.807) is 19.2 Å². The molecule has 0 bridgehead atoms. The predicted molar refractivity (Wildman–Crippen MR) is 95.1 cm³/mol. The van der Waals surface area contributed by atoms with E-state index in [2.05, 4.69) is 0 Å². The fourth-order valence-electron chi connectivity index (χ4n) is 2.73. The first kappa shape index (κ1) is 18.6. The van der Waals surface area contributed by atoms with Crippen molar-refractivity contribution in [3.63, 3.8) is 0 Å². The molecule has 2 aromatic rings. The van der Waals surface area contributed by atoms with Crippen molar-refractivity contribution in [2.45, 2.75) is 26.4 Å². The van der Waals surface area contributed by atoms with Gasteiger partial charge in [0.2, 0.25) is 0 Å². The van der Waals surface area contributed by atoms with Crippen LogP contribution in [0.2, 0.25) is 0 Å². The largest absolute Gasteiger partial charge is 0.333 e. The van der Waals surface area contributed by atoms with Crippen molar-refractivity contribution in [2.75, 3.05) is 13.6 Å². The summed E-state index contributed by atoms with van der Waals surface area (Å²) < 4.78 is 13.1. The Bertz CT molecular complexity index is 716. The molecule has 4 nitrogen and oxygen atoms in total. The highest BCUT2D eigenvalue weighted by molar-refractivity contribution is 6.34. The fourth-order valence-corrected chi connectivity index (χ4v) is 2.73. The molecule has 25 heavy (non-hydrogen) atoms. The molecule has 2 rings (SSSR count). The Morgan fingerprint density at radius 2 is 1.60 bits per heavy atom. The van der Waals surface area contributed by atoms with Gasteiger partial charge < -0.3 is 9.80 Å². The van der Waals surface area contributed by atoms with Gasteiger partial charge in [-0.2, -0.15) is 0 Å². The van der Waals surface area contributed by atoms with Gasteiger partial charge in [0.25, 0.3) is 0 Å². The summed E-state index contributed by atoms with van der Waals surface area (Å²) in [5.74, 6) is -1.44. The van der Waals surface area contributed by atoms with Crippen LogP contribution >= 0.6 is 0 Å². The lowest BCUT2D eigenvalue weighted by molar-refractivity contribution is -0.152. The van der Waals surface area contributed by atoms with Crippen molar-refractivity contribution in [3.8, 4) is 0 Å². The third-order valence-corrected chi connectivity index (χ3v) is 4.21. The van der Waals surface area contributed by atoms with Gasteiger partial charge in [-0.1, -0.05) is 42.5 Å². The zero-order valence-electron chi connectivity index (χ0n) is 14.8. The minimum absolute atomic E-state index is 0.313. The normalized spacial score (nSPS) is 11.7. The maximum atomic E-state index is 13.1. The molecule has 2 aromatic carbocycles. The van der Waals surface area contributed by atoms with E-state index < -0.39 is 11.8 Å². The van der Waals surface area contributed by atoms with Crippen LogP contribution in [0.4, 0.5) is 4.39 Å². The molecule has 0 radical (unpaired) electrons. The van der Waals surface area contributed by atoms with Crippen molar-refractivity contribution in [1.29, 1.82) is 0 Å². The summed E-state index contributed by atoms with van der Waals surface area (Å²) in [6.07, 6.45) is 0. The lowest BCUT2D eigenvalue weighted by atomic mass is 10.1. The molecule has 0 aliphatic carbocycles. The first-order chi connectivity index (χ1) is 11.9. The van der Waals surface area contributed by atoms with Crippen LogP contribution in [0.1, 0.15) is 31.0 Å². The molecule has 0 saturated heterocycles. The number of amides is 2. The third-order valence-electron chi connectivity index (χ3n) is 4.21. The van der Waals surface area contributed by atoms with Gasteiger partial charge >= 0.3 is 11.8 Å². The Morgan fingerprint density at radius 1 is 1.00 bits per heavy atom. The Morgan fingerprint density at radius 3 is 2.16 bits per heavy atom. The molecule has 0 fully saturated rings. The Balaban J connectivity index is 2.09. The summed E-state index contributed by atoms with van der Waals surface area (Å²) >= 11 is 0. The first-order valence-corrected chi connectivity index (χ1v) is 8.29. The highest BCUT2D eigenvalue weighted by Crippen LogP contribution is 2.21. The third kappa shape index (κ3) is 4.66. The predicted octanol–water partition coefficient (Wildman–Crippen LogP) is 3.39. The summed E-state index contributed by atoms with van der Waals surface area (Å²) in [5.41, 5.74) is 1.75. The minimum atomic E-state index is -0.558. The molecule has 0 unspecified atom stereocenters. The smallest absolute Gasteiger partial charge is 0.312 e. The van der Waals surface area contributed by atoms with Crippen LogP contribution in [-0.2, 0) is 16.1 Å². The lowest BCUT2D eigenvalue weighted by Crippen LogP contribution is -2.44. The summed E-state index contributed by atoms with van der Waals surface area (Å²) in [6.45, 7) is 4.41. The second-order valence-corrected chi connectivity index (χ2v) is 5.97. The van der Waals surface area contributed by atoms with Crippen LogP contribution in [0.3, 0.4) is 0 Å². The lowest BCUT2D eigenvalue weighted by Gasteiger charge is -2.29. The SMILES string of the molecule is CCN(C(=O)C(=O)N(C)Cc1ccccc1)[C@@H](C)c1ccc(F)cc1. The quantitative estimate of drug-likeness (QED) is 0.782. The van der Waals surface area contributed by atoms with Crippen LogP contribution in [-0.4, -0.2) is 35.2 Å². The first-order valence-electron chi connectivity index (χ1n) is 8.29.